The van der Waals surface area contributed by atoms with Gasteiger partial charge in [0.05, 0.1) is 11.7 Å². The first-order valence-electron chi connectivity index (χ1n) is 9.79. The van der Waals surface area contributed by atoms with Crippen LogP contribution in [-0.4, -0.2) is 32.2 Å². The van der Waals surface area contributed by atoms with Crippen molar-refractivity contribution >= 4 is 0 Å². The van der Waals surface area contributed by atoms with E-state index in [1.807, 2.05) is 16.8 Å². The highest BCUT2D eigenvalue weighted by molar-refractivity contribution is 5.47. The van der Waals surface area contributed by atoms with Crippen LogP contribution in [0.25, 0.3) is 5.69 Å². The Bertz CT molecular complexity index is 1050. The van der Waals surface area contributed by atoms with Gasteiger partial charge in [0.2, 0.25) is 0 Å². The summed E-state index contributed by atoms with van der Waals surface area (Å²) in [5.41, 5.74) is 5.75. The molecule has 0 amide bonds. The Morgan fingerprint density at radius 3 is 2.10 bits per heavy atom. The van der Waals surface area contributed by atoms with Crippen molar-refractivity contribution in [3.05, 3.63) is 107 Å². The van der Waals surface area contributed by atoms with Gasteiger partial charge in [-0.3, -0.25) is 4.90 Å². The number of hydrogen-bond donors (Lipinski definition) is 0. The maximum absolute atomic E-state index is 4.47. The predicted molar refractivity (Wildman–Crippen MR) is 115 cm³/mol. The molecule has 0 N–H and O–H groups in total. The largest absolute Gasteiger partial charge is 0.288 e. The molecule has 0 spiro atoms. The SMILES string of the molecule is Cc1cccc(C)c1-n1nnnc1C(c1ccccc1)N(C)Cc1ccccc1. The second kappa shape index (κ2) is 8.37. The number of aryl methyl sites for hydroxylation is 2. The molecule has 0 radical (unpaired) electrons. The van der Waals surface area contributed by atoms with Gasteiger partial charge >= 0.3 is 0 Å². The average Bonchev–Trinajstić information content (AvgIpc) is 3.18. The lowest BCUT2D eigenvalue weighted by atomic mass is 10.0. The molecule has 29 heavy (non-hydrogen) atoms. The Morgan fingerprint density at radius 1 is 0.828 bits per heavy atom. The molecule has 4 aromatic rings. The first-order chi connectivity index (χ1) is 14.1. The summed E-state index contributed by atoms with van der Waals surface area (Å²) in [6.07, 6.45) is 0. The highest BCUT2D eigenvalue weighted by Crippen LogP contribution is 2.30. The smallest absolute Gasteiger partial charge is 0.178 e. The van der Waals surface area contributed by atoms with Gasteiger partial charge in [-0.1, -0.05) is 78.9 Å². The molecular formula is C24H25N5. The molecule has 0 aliphatic heterocycles. The van der Waals surface area contributed by atoms with Crippen LogP contribution in [-0.2, 0) is 6.54 Å². The minimum atomic E-state index is -0.0783. The minimum absolute atomic E-state index is 0.0783. The first-order valence-corrected chi connectivity index (χ1v) is 9.79. The lowest BCUT2D eigenvalue weighted by molar-refractivity contribution is 0.258. The lowest BCUT2D eigenvalue weighted by Gasteiger charge is -2.28. The summed E-state index contributed by atoms with van der Waals surface area (Å²) in [5, 5.41) is 12.9. The van der Waals surface area contributed by atoms with Crippen LogP contribution < -0.4 is 0 Å². The molecule has 0 fully saturated rings. The number of nitrogens with zero attached hydrogens (tertiary/aromatic N) is 5. The van der Waals surface area contributed by atoms with Crippen LogP contribution >= 0.6 is 0 Å². The van der Waals surface area contributed by atoms with E-state index in [9.17, 15) is 0 Å². The van der Waals surface area contributed by atoms with Gasteiger partial charge in [-0.2, -0.15) is 4.68 Å². The fraction of sp³-hybridized carbons (Fsp3) is 0.208. The molecule has 0 saturated heterocycles. The molecule has 1 aromatic heterocycles. The van der Waals surface area contributed by atoms with Crippen LogP contribution in [0.5, 0.6) is 0 Å². The van der Waals surface area contributed by atoms with E-state index in [1.165, 1.54) is 5.56 Å². The minimum Gasteiger partial charge on any atom is -0.288 e. The fourth-order valence-corrected chi connectivity index (χ4v) is 3.86. The maximum atomic E-state index is 4.47. The Kier molecular flexibility index (Phi) is 5.49. The van der Waals surface area contributed by atoms with Crippen molar-refractivity contribution < 1.29 is 0 Å². The van der Waals surface area contributed by atoms with E-state index in [2.05, 4.69) is 108 Å². The van der Waals surface area contributed by atoms with Crippen LogP contribution in [0.1, 0.15) is 34.1 Å². The van der Waals surface area contributed by atoms with Crippen molar-refractivity contribution in [1.82, 2.24) is 25.1 Å². The molecule has 0 aliphatic carbocycles. The molecule has 0 aliphatic rings. The van der Waals surface area contributed by atoms with E-state index in [4.69, 9.17) is 0 Å². The summed E-state index contributed by atoms with van der Waals surface area (Å²) in [7, 11) is 2.12. The average molecular weight is 383 g/mol. The molecule has 1 heterocycles. The van der Waals surface area contributed by atoms with Crippen molar-refractivity contribution in [3.8, 4) is 5.69 Å². The Hall–Kier alpha value is -3.31. The number of hydrogen-bond acceptors (Lipinski definition) is 4. The molecule has 146 valence electrons. The van der Waals surface area contributed by atoms with Gasteiger partial charge in [-0.15, -0.1) is 5.10 Å². The molecule has 4 rings (SSSR count). The summed E-state index contributed by atoms with van der Waals surface area (Å²) < 4.78 is 1.89. The summed E-state index contributed by atoms with van der Waals surface area (Å²) in [4.78, 5) is 2.29. The zero-order valence-corrected chi connectivity index (χ0v) is 17.0. The van der Waals surface area contributed by atoms with Crippen LogP contribution in [0, 0.1) is 13.8 Å². The normalized spacial score (nSPS) is 12.3. The monoisotopic (exact) mass is 383 g/mol. The van der Waals surface area contributed by atoms with Crippen molar-refractivity contribution in [3.63, 3.8) is 0 Å². The topological polar surface area (TPSA) is 46.8 Å². The molecule has 0 saturated carbocycles. The molecular weight excluding hydrogens is 358 g/mol. The third-order valence-corrected chi connectivity index (χ3v) is 5.22. The molecule has 5 heteroatoms. The summed E-state index contributed by atoms with van der Waals surface area (Å²) >= 11 is 0. The van der Waals surface area contributed by atoms with E-state index >= 15 is 0 Å². The van der Waals surface area contributed by atoms with E-state index in [0.29, 0.717) is 0 Å². The maximum Gasteiger partial charge on any atom is 0.178 e. The second-order valence-electron chi connectivity index (χ2n) is 7.40. The van der Waals surface area contributed by atoms with Gasteiger partial charge in [0.15, 0.2) is 5.82 Å². The van der Waals surface area contributed by atoms with E-state index in [1.54, 1.807) is 0 Å². The number of aromatic nitrogens is 4. The highest BCUT2D eigenvalue weighted by Gasteiger charge is 2.27. The van der Waals surface area contributed by atoms with Gasteiger partial charge in [0.25, 0.3) is 0 Å². The van der Waals surface area contributed by atoms with Gasteiger partial charge in [-0.25, -0.2) is 0 Å². The van der Waals surface area contributed by atoms with Gasteiger partial charge in [0.1, 0.15) is 0 Å². The standard InChI is InChI=1S/C24H25N5/c1-18-11-10-12-19(2)22(18)29-24(25-26-27-29)23(21-15-8-5-9-16-21)28(3)17-20-13-6-4-7-14-20/h4-16,23H,17H2,1-3H3. The number of para-hydroxylation sites is 1. The predicted octanol–water partition coefficient (Wildman–Crippen LogP) is 4.50. The Morgan fingerprint density at radius 2 is 1.45 bits per heavy atom. The Labute approximate surface area is 171 Å². The lowest BCUT2D eigenvalue weighted by Crippen LogP contribution is -2.28. The third-order valence-electron chi connectivity index (χ3n) is 5.22. The number of tetrazole rings is 1. The summed E-state index contributed by atoms with van der Waals surface area (Å²) in [5.74, 6) is 0.812. The summed E-state index contributed by atoms with van der Waals surface area (Å²) in [6.45, 7) is 4.98. The van der Waals surface area contributed by atoms with Crippen LogP contribution in [0.3, 0.4) is 0 Å². The molecule has 0 bridgehead atoms. The number of benzene rings is 3. The van der Waals surface area contributed by atoms with Gasteiger partial charge < -0.3 is 0 Å². The number of rotatable bonds is 6. The first kappa shape index (κ1) is 19.0. The quantitative estimate of drug-likeness (QED) is 0.492. The van der Waals surface area contributed by atoms with Crippen molar-refractivity contribution in [1.29, 1.82) is 0 Å². The van der Waals surface area contributed by atoms with Crippen LogP contribution in [0.2, 0.25) is 0 Å². The van der Waals surface area contributed by atoms with Crippen molar-refractivity contribution in [2.45, 2.75) is 26.4 Å². The van der Waals surface area contributed by atoms with Gasteiger partial charge in [-0.05, 0) is 53.6 Å². The molecule has 3 aromatic carbocycles. The molecule has 1 atom stereocenters. The third kappa shape index (κ3) is 3.96. The van der Waals surface area contributed by atoms with E-state index < -0.39 is 0 Å². The van der Waals surface area contributed by atoms with E-state index in [0.717, 1.165) is 34.7 Å². The van der Waals surface area contributed by atoms with Crippen LogP contribution in [0.15, 0.2) is 78.9 Å². The van der Waals surface area contributed by atoms with Gasteiger partial charge in [0, 0.05) is 6.54 Å². The van der Waals surface area contributed by atoms with Crippen LogP contribution in [0.4, 0.5) is 0 Å². The van der Waals surface area contributed by atoms with Crippen molar-refractivity contribution in [2.24, 2.45) is 0 Å². The Balaban J connectivity index is 1.80. The summed E-state index contributed by atoms with van der Waals surface area (Å²) in [6, 6.07) is 27.1. The highest BCUT2D eigenvalue weighted by atomic mass is 15.6. The zero-order valence-electron chi connectivity index (χ0n) is 17.0. The zero-order chi connectivity index (χ0) is 20.2. The molecule has 1 unspecified atom stereocenters. The molecule has 5 nitrogen and oxygen atoms in total. The van der Waals surface area contributed by atoms with E-state index in [-0.39, 0.29) is 6.04 Å². The second-order valence-corrected chi connectivity index (χ2v) is 7.40. The fourth-order valence-electron chi connectivity index (χ4n) is 3.86. The van der Waals surface area contributed by atoms with Crippen molar-refractivity contribution in [2.75, 3.05) is 7.05 Å².